The Morgan fingerprint density at radius 3 is 2.03 bits per heavy atom. The van der Waals surface area contributed by atoms with E-state index < -0.39 is 76.8 Å². The number of hydroxylamine groups is 1. The summed E-state index contributed by atoms with van der Waals surface area (Å²) >= 11 is 0. The molecule has 6 aromatic rings. The van der Waals surface area contributed by atoms with Gasteiger partial charge >= 0.3 is 38.7 Å². The van der Waals surface area contributed by atoms with Gasteiger partial charge in [0, 0.05) is 72.1 Å². The number of rotatable bonds is 18. The van der Waals surface area contributed by atoms with Crippen LogP contribution in [0.5, 0.6) is 5.75 Å². The zero-order chi connectivity index (χ0) is 63.6. The second kappa shape index (κ2) is 35.5. The molecular formula is C53H63FN14O18Pt. The first-order valence-electron chi connectivity index (χ1n) is 25.8. The van der Waals surface area contributed by atoms with Crippen LogP contribution in [0.1, 0.15) is 75.4 Å². The molecule has 3 aromatic heterocycles. The first-order valence-corrected chi connectivity index (χ1v) is 25.8. The number of aromatic amines is 3. The number of nitrogens with one attached hydrogen (secondary N) is 8. The number of hydrogen-bond donors (Lipinski definition) is 14. The SMILES string of the molecule is CN(C)Cc1c(C(=O)NCCOc2ccc(C(=O)NO)cc2)oc2ccccc12.N[C@@H]1CCCC[C@H]1N.Nc1nc2c(c(=O)[nH]1)N(C=O)C(CNc1ccc(C(=O)N[C@@H](CCC(=O)O)C(=O)O)cc1)CN2.O=C([O-])C(=O)[O-].O=c1[nH]cc(F)c(=O)[nH]1.[Pt+2]. The van der Waals surface area contributed by atoms with E-state index in [0.29, 0.717) is 54.0 Å². The fourth-order valence-electron chi connectivity index (χ4n) is 7.91. The number of hydrogen-bond acceptors (Lipinski definition) is 23. The molecule has 0 radical (unpaired) electrons. The zero-order valence-electron chi connectivity index (χ0n) is 46.4. The minimum Gasteiger partial charge on any atom is -0.543 e. The second-order valence-electron chi connectivity index (χ2n) is 18.8. The molecular weight excluding hydrogens is 1330 g/mol. The van der Waals surface area contributed by atoms with Gasteiger partial charge in [0.2, 0.25) is 18.2 Å². The molecule has 4 heterocycles. The van der Waals surface area contributed by atoms with E-state index in [2.05, 4.69) is 31.2 Å². The van der Waals surface area contributed by atoms with Gasteiger partial charge in [0.05, 0.1) is 24.5 Å². The molecule has 2 aliphatic rings. The minimum absolute atomic E-state index is 0. The van der Waals surface area contributed by atoms with Crippen molar-refractivity contribution in [3.63, 3.8) is 0 Å². The maximum absolute atomic E-state index is 12.6. The zero-order valence-corrected chi connectivity index (χ0v) is 48.7. The Morgan fingerprint density at radius 2 is 1.49 bits per heavy atom. The summed E-state index contributed by atoms with van der Waals surface area (Å²) in [5.74, 6) is -8.40. The van der Waals surface area contributed by atoms with E-state index in [1.807, 2.05) is 48.2 Å². The predicted octanol–water partition coefficient (Wildman–Crippen LogP) is -2.41. The van der Waals surface area contributed by atoms with Crippen LogP contribution in [0.3, 0.4) is 0 Å². The van der Waals surface area contributed by atoms with Gasteiger partial charge in [-0.1, -0.05) is 31.0 Å². The predicted molar refractivity (Wildman–Crippen MR) is 300 cm³/mol. The summed E-state index contributed by atoms with van der Waals surface area (Å²) in [6, 6.07) is 18.8. The quantitative estimate of drug-likeness (QED) is 0.0140. The molecule has 1 unspecified atom stereocenters. The van der Waals surface area contributed by atoms with Crippen molar-refractivity contribution in [2.75, 3.05) is 61.6 Å². The number of benzene rings is 3. The molecule has 470 valence electrons. The van der Waals surface area contributed by atoms with Gasteiger partial charge in [-0.05, 0) is 88.0 Å². The molecule has 34 heteroatoms. The number of fused-ring (bicyclic) bond motifs is 2. The number of carboxylic acid groups (broad SMARTS) is 4. The molecule has 4 atom stereocenters. The Labute approximate surface area is 506 Å². The average Bonchev–Trinajstić information content (AvgIpc) is 2.01. The minimum atomic E-state index is -2.19. The third kappa shape index (κ3) is 22.9. The topological polar surface area (TPSA) is 522 Å². The van der Waals surface area contributed by atoms with Crippen LogP contribution < -0.4 is 80.6 Å². The summed E-state index contributed by atoms with van der Waals surface area (Å²) in [7, 11) is 3.87. The van der Waals surface area contributed by atoms with E-state index in [0.717, 1.165) is 23.8 Å². The average molecular weight is 1400 g/mol. The van der Waals surface area contributed by atoms with Gasteiger partial charge < -0.3 is 92.4 Å². The number of carboxylic acids is 4. The van der Waals surface area contributed by atoms with Crippen LogP contribution in [0.15, 0.2) is 97.8 Å². The molecule has 87 heavy (non-hydrogen) atoms. The number of anilines is 4. The van der Waals surface area contributed by atoms with Crippen molar-refractivity contribution in [1.29, 1.82) is 0 Å². The van der Waals surface area contributed by atoms with Crippen LogP contribution in [0, 0.1) is 5.82 Å². The van der Waals surface area contributed by atoms with Crippen molar-refractivity contribution >= 4 is 82.1 Å². The number of amides is 4. The van der Waals surface area contributed by atoms with Crippen LogP contribution in [-0.2, 0) is 51.6 Å². The number of carbonyl (C=O) groups is 8. The normalized spacial score (nSPS) is 14.8. The summed E-state index contributed by atoms with van der Waals surface area (Å²) in [5, 5.41) is 56.5. The molecule has 8 rings (SSSR count). The van der Waals surface area contributed by atoms with Crippen LogP contribution in [0.25, 0.3) is 11.0 Å². The number of aromatic nitrogens is 4. The first-order chi connectivity index (χ1) is 40.8. The first kappa shape index (κ1) is 71.4. The van der Waals surface area contributed by atoms with Crippen molar-refractivity contribution in [3.05, 3.63) is 138 Å². The largest absolute Gasteiger partial charge is 2.00 e. The molecule has 4 amide bonds. The van der Waals surface area contributed by atoms with Crippen molar-refractivity contribution < 1.29 is 98.6 Å². The molecule has 1 fully saturated rings. The number of nitrogens with two attached hydrogens (primary N) is 3. The van der Waals surface area contributed by atoms with Crippen LogP contribution >= 0.6 is 0 Å². The van der Waals surface area contributed by atoms with Gasteiger partial charge in [-0.2, -0.15) is 9.37 Å². The van der Waals surface area contributed by atoms with Crippen molar-refractivity contribution in [3.8, 4) is 5.75 Å². The van der Waals surface area contributed by atoms with Crippen LogP contribution in [0.2, 0.25) is 0 Å². The molecule has 0 bridgehead atoms. The molecule has 1 aliphatic heterocycles. The van der Waals surface area contributed by atoms with Crippen LogP contribution in [-0.4, -0.2) is 153 Å². The number of para-hydroxylation sites is 1. The maximum atomic E-state index is 12.6. The number of aliphatic carboxylic acids is 4. The molecule has 0 spiro atoms. The Hall–Kier alpha value is -9.82. The van der Waals surface area contributed by atoms with Gasteiger partial charge in [-0.15, -0.1) is 0 Å². The molecule has 1 aliphatic carbocycles. The standard InChI is InChI=1S/C21H23N3O5.C20H23N7O7.C6H14N2.C4H3FN2O2.C2H2O4.Pt/c1-24(2)13-17-16-5-3-4-6-18(16)29-19(17)21(26)22-11-12-28-15-9-7-14(8-10-15)20(25)23-27;21-20-25-16-15(18(32)26-20)27(9-28)12(8-23-16)7-22-11-3-1-10(2-4-11)17(31)24-13(19(33)34)5-6-14(29)30;7-5-3-1-2-4-6(5)8;5-2-1-6-4(9)7-3(2)8;3-1(4)2(5)6;/h3-10,27H,11-13H2,1-2H3,(H,22,26)(H,23,25);1-4,9,12-13,22H,5-8H2,(H,24,31)(H,29,30)(H,33,34)(H4,21,23,25,26,32);5-6H,1-4,7-8H2;1H,(H2,6,7,8,9);(H,3,4)(H,5,6);/q;;;;;+2/p-2/t;12?,13-;5-,6-;;;/m.01.../s1. The number of carbonyl (C=O) groups excluding carboxylic acids is 6. The number of nitrogen functional groups attached to an aromatic ring is 1. The molecule has 1 saturated carbocycles. The van der Waals surface area contributed by atoms with E-state index in [1.165, 1.54) is 42.0 Å². The van der Waals surface area contributed by atoms with E-state index in [1.54, 1.807) is 34.7 Å². The summed E-state index contributed by atoms with van der Waals surface area (Å²) in [6.07, 6.45) is 5.41. The van der Waals surface area contributed by atoms with E-state index in [-0.39, 0.29) is 88.2 Å². The fraction of sp³-hybridized carbons (Fsp3) is 0.321. The molecule has 3 aromatic carbocycles. The summed E-state index contributed by atoms with van der Waals surface area (Å²) in [6.45, 7) is 1.69. The molecule has 17 N–H and O–H groups in total. The van der Waals surface area contributed by atoms with Gasteiger partial charge in [-0.3, -0.25) is 48.7 Å². The van der Waals surface area contributed by atoms with E-state index in [4.69, 9.17) is 56.5 Å². The fourth-order valence-corrected chi connectivity index (χ4v) is 7.91. The van der Waals surface area contributed by atoms with E-state index in [9.17, 15) is 52.6 Å². The Balaban J connectivity index is 0.000000332. The Kier molecular flexibility index (Phi) is 29.1. The van der Waals surface area contributed by atoms with Gasteiger partial charge in [-0.25, -0.2) is 15.1 Å². The molecule has 32 nitrogen and oxygen atoms in total. The van der Waals surface area contributed by atoms with Crippen molar-refractivity contribution in [2.45, 2.75) is 69.2 Å². The summed E-state index contributed by atoms with van der Waals surface area (Å²) < 4.78 is 23.3. The van der Waals surface area contributed by atoms with Gasteiger partial charge in [0.25, 0.3) is 28.8 Å². The van der Waals surface area contributed by atoms with Crippen molar-refractivity contribution in [2.24, 2.45) is 11.5 Å². The Morgan fingerprint density at radius 1 is 0.885 bits per heavy atom. The maximum Gasteiger partial charge on any atom is 2.00 e. The number of nitrogens with zero attached hydrogens (tertiary/aromatic N) is 3. The van der Waals surface area contributed by atoms with Gasteiger partial charge in [0.15, 0.2) is 17.3 Å². The van der Waals surface area contributed by atoms with Crippen molar-refractivity contribution in [1.82, 2.24) is 40.9 Å². The van der Waals surface area contributed by atoms with Gasteiger partial charge in [0.1, 0.15) is 24.0 Å². The summed E-state index contributed by atoms with van der Waals surface area (Å²) in [5.41, 5.74) is 18.8. The second-order valence-corrected chi connectivity index (χ2v) is 18.8. The summed E-state index contributed by atoms with van der Waals surface area (Å²) in [4.78, 5) is 134. The number of ether oxygens (including phenoxy) is 1. The smallest absolute Gasteiger partial charge is 0.543 e. The van der Waals surface area contributed by atoms with Crippen LogP contribution in [0.4, 0.5) is 27.5 Å². The Bertz CT molecular complexity index is 3470. The number of furan rings is 1. The number of H-pyrrole nitrogens is 3. The number of halogens is 1. The molecule has 0 saturated heterocycles. The third-order valence-corrected chi connectivity index (χ3v) is 12.2. The third-order valence-electron chi connectivity index (χ3n) is 12.2. The van der Waals surface area contributed by atoms with E-state index >= 15 is 0 Å². The monoisotopic (exact) mass is 1400 g/mol.